The number of pyridine rings is 1. The number of ether oxygens (including phenoxy) is 1. The fourth-order valence-corrected chi connectivity index (χ4v) is 3.34. The van der Waals surface area contributed by atoms with Crippen LogP contribution in [0.25, 0.3) is 0 Å². The molecule has 1 aliphatic heterocycles. The van der Waals surface area contributed by atoms with Crippen LogP contribution in [-0.2, 0) is 11.2 Å². The summed E-state index contributed by atoms with van der Waals surface area (Å²) < 4.78 is 7.11. The molecule has 25 heavy (non-hydrogen) atoms. The summed E-state index contributed by atoms with van der Waals surface area (Å²) in [5, 5.41) is 12.0. The van der Waals surface area contributed by atoms with Gasteiger partial charge in [0, 0.05) is 16.7 Å². The van der Waals surface area contributed by atoms with Crippen LogP contribution in [0.3, 0.4) is 0 Å². The largest absolute Gasteiger partial charge is 0.477 e. The van der Waals surface area contributed by atoms with E-state index in [-0.39, 0.29) is 0 Å². The molecular formula is C20H17BrClNO2. The molecule has 0 fully saturated rings. The summed E-state index contributed by atoms with van der Waals surface area (Å²) in [5.74, 6) is 0.470. The van der Waals surface area contributed by atoms with Crippen molar-refractivity contribution < 1.29 is 9.84 Å². The van der Waals surface area contributed by atoms with Gasteiger partial charge in [-0.2, -0.15) is 0 Å². The number of aliphatic hydroxyl groups is 1. The van der Waals surface area contributed by atoms with Crippen molar-refractivity contribution in [1.82, 2.24) is 4.98 Å². The zero-order chi connectivity index (χ0) is 18.1. The van der Waals surface area contributed by atoms with Crippen molar-refractivity contribution in [2.24, 2.45) is 0 Å². The first kappa shape index (κ1) is 17.9. The zero-order valence-corrected chi connectivity index (χ0v) is 16.0. The van der Waals surface area contributed by atoms with Gasteiger partial charge in [0.2, 0.25) is 0 Å². The molecule has 0 bridgehead atoms. The second-order valence-electron chi connectivity index (χ2n) is 5.89. The maximum Gasteiger partial charge on any atom is 0.172 e. The fraction of sp³-hybridized carbons (Fsp3) is 0.150. The highest BCUT2D eigenvalue weighted by Crippen LogP contribution is 2.53. The number of rotatable bonds is 4. The molecule has 0 radical (unpaired) electrons. The second-order valence-corrected chi connectivity index (χ2v) is 7.24. The Balaban J connectivity index is 2.16. The Morgan fingerprint density at radius 2 is 1.96 bits per heavy atom. The van der Waals surface area contributed by atoms with E-state index in [1.54, 1.807) is 36.4 Å². The van der Waals surface area contributed by atoms with Crippen LogP contribution in [0.15, 0.2) is 78.0 Å². The van der Waals surface area contributed by atoms with Gasteiger partial charge in [0.25, 0.3) is 0 Å². The Kier molecular flexibility index (Phi) is 4.87. The standard InChI is InChI=1S/C20H17BrClNO2/c1-3-4-5-6-11-20(24)18-17(12-16(22)13-23-18)25-19(20,2)14-7-9-15(21)10-8-14/h3-13,24H,1H2,2H3/b5-4-,11-6-/t19-,20-/m1/s1. The molecule has 2 heterocycles. The quantitative estimate of drug-likeness (QED) is 0.686. The molecule has 0 aliphatic carbocycles. The Bertz CT molecular complexity index is 862. The number of aromatic nitrogens is 1. The van der Waals surface area contributed by atoms with Gasteiger partial charge in [0.1, 0.15) is 11.4 Å². The molecular weight excluding hydrogens is 402 g/mol. The summed E-state index contributed by atoms with van der Waals surface area (Å²) in [6, 6.07) is 9.32. The van der Waals surface area contributed by atoms with Gasteiger partial charge in [-0.05, 0) is 30.7 Å². The summed E-state index contributed by atoms with van der Waals surface area (Å²) in [6.45, 7) is 5.48. The molecule has 5 heteroatoms. The van der Waals surface area contributed by atoms with Crippen molar-refractivity contribution in [3.63, 3.8) is 0 Å². The van der Waals surface area contributed by atoms with E-state index in [0.29, 0.717) is 16.5 Å². The number of halogens is 2. The van der Waals surface area contributed by atoms with Gasteiger partial charge in [-0.15, -0.1) is 0 Å². The van der Waals surface area contributed by atoms with E-state index in [1.807, 2.05) is 31.2 Å². The number of benzene rings is 1. The Morgan fingerprint density at radius 3 is 2.64 bits per heavy atom. The van der Waals surface area contributed by atoms with Crippen LogP contribution in [-0.4, -0.2) is 10.1 Å². The highest BCUT2D eigenvalue weighted by atomic mass is 79.9. The number of hydrogen-bond acceptors (Lipinski definition) is 3. The van der Waals surface area contributed by atoms with Crippen molar-refractivity contribution in [2.45, 2.75) is 18.1 Å². The van der Waals surface area contributed by atoms with Crippen molar-refractivity contribution >= 4 is 27.5 Å². The molecule has 0 unspecified atom stereocenters. The highest BCUT2D eigenvalue weighted by Gasteiger charge is 2.57. The average Bonchev–Trinajstić information content (AvgIpc) is 2.80. The second kappa shape index (κ2) is 6.79. The zero-order valence-electron chi connectivity index (χ0n) is 13.6. The van der Waals surface area contributed by atoms with Gasteiger partial charge < -0.3 is 9.84 Å². The molecule has 0 amide bonds. The van der Waals surface area contributed by atoms with E-state index in [4.69, 9.17) is 16.3 Å². The Labute approximate surface area is 160 Å². The average molecular weight is 419 g/mol. The molecule has 1 aromatic carbocycles. The minimum Gasteiger partial charge on any atom is -0.477 e. The Morgan fingerprint density at radius 1 is 1.24 bits per heavy atom. The fourth-order valence-electron chi connectivity index (χ4n) is 2.93. The van der Waals surface area contributed by atoms with Gasteiger partial charge in [-0.25, -0.2) is 0 Å². The maximum absolute atomic E-state index is 11.6. The van der Waals surface area contributed by atoms with Crippen LogP contribution >= 0.6 is 27.5 Å². The first-order chi connectivity index (χ1) is 11.9. The smallest absolute Gasteiger partial charge is 0.172 e. The predicted molar refractivity (Wildman–Crippen MR) is 104 cm³/mol. The van der Waals surface area contributed by atoms with Crippen molar-refractivity contribution in [2.75, 3.05) is 0 Å². The van der Waals surface area contributed by atoms with Gasteiger partial charge in [0.05, 0.1) is 5.02 Å². The van der Waals surface area contributed by atoms with Crippen LogP contribution in [0.1, 0.15) is 18.2 Å². The number of hydrogen-bond donors (Lipinski definition) is 1. The van der Waals surface area contributed by atoms with Gasteiger partial charge in [-0.1, -0.05) is 70.5 Å². The number of nitrogens with zero attached hydrogens (tertiary/aromatic N) is 1. The molecule has 2 atom stereocenters. The van der Waals surface area contributed by atoms with Crippen LogP contribution in [0, 0.1) is 0 Å². The summed E-state index contributed by atoms with van der Waals surface area (Å²) in [7, 11) is 0. The van der Waals surface area contributed by atoms with Gasteiger partial charge in [-0.3, -0.25) is 4.98 Å². The lowest BCUT2D eigenvalue weighted by Crippen LogP contribution is -2.45. The van der Waals surface area contributed by atoms with E-state index in [1.165, 1.54) is 6.20 Å². The van der Waals surface area contributed by atoms with Crippen LogP contribution in [0.4, 0.5) is 0 Å². The van der Waals surface area contributed by atoms with Crippen molar-refractivity contribution in [3.05, 3.63) is 94.2 Å². The normalized spacial score (nSPS) is 25.3. The molecule has 0 spiro atoms. The Hall–Kier alpha value is -1.88. The minimum absolute atomic E-state index is 0.436. The van der Waals surface area contributed by atoms with Crippen LogP contribution in [0.5, 0.6) is 5.75 Å². The monoisotopic (exact) mass is 417 g/mol. The van der Waals surface area contributed by atoms with E-state index in [2.05, 4.69) is 27.5 Å². The lowest BCUT2D eigenvalue weighted by molar-refractivity contribution is -0.0775. The first-order valence-corrected chi connectivity index (χ1v) is 8.88. The van der Waals surface area contributed by atoms with E-state index in [9.17, 15) is 5.11 Å². The lowest BCUT2D eigenvalue weighted by Gasteiger charge is -2.36. The molecule has 1 aromatic heterocycles. The third kappa shape index (κ3) is 3.06. The summed E-state index contributed by atoms with van der Waals surface area (Å²) in [6.07, 6.45) is 10.2. The van der Waals surface area contributed by atoms with E-state index < -0.39 is 11.2 Å². The summed E-state index contributed by atoms with van der Waals surface area (Å²) in [5.41, 5.74) is -1.24. The van der Waals surface area contributed by atoms with Crippen molar-refractivity contribution in [3.8, 4) is 5.75 Å². The molecule has 0 saturated carbocycles. The molecule has 2 aromatic rings. The maximum atomic E-state index is 11.6. The third-order valence-corrected chi connectivity index (χ3v) is 5.05. The molecule has 128 valence electrons. The number of fused-ring (bicyclic) bond motifs is 1. The molecule has 1 N–H and O–H groups in total. The molecule has 1 aliphatic rings. The molecule has 0 saturated heterocycles. The van der Waals surface area contributed by atoms with E-state index in [0.717, 1.165) is 10.0 Å². The van der Waals surface area contributed by atoms with Gasteiger partial charge in [0.15, 0.2) is 11.2 Å². The molecule has 3 nitrogen and oxygen atoms in total. The summed E-state index contributed by atoms with van der Waals surface area (Å²) >= 11 is 9.48. The van der Waals surface area contributed by atoms with Crippen LogP contribution in [0.2, 0.25) is 5.02 Å². The van der Waals surface area contributed by atoms with Gasteiger partial charge >= 0.3 is 0 Å². The topological polar surface area (TPSA) is 42.4 Å². The van der Waals surface area contributed by atoms with E-state index >= 15 is 0 Å². The molecule has 3 rings (SSSR count). The number of allylic oxidation sites excluding steroid dienone is 4. The van der Waals surface area contributed by atoms with Crippen LogP contribution < -0.4 is 4.74 Å². The minimum atomic E-state index is -1.45. The summed E-state index contributed by atoms with van der Waals surface area (Å²) in [4.78, 5) is 4.34. The third-order valence-electron chi connectivity index (χ3n) is 4.31. The van der Waals surface area contributed by atoms with Crippen molar-refractivity contribution in [1.29, 1.82) is 0 Å². The highest BCUT2D eigenvalue weighted by molar-refractivity contribution is 9.10. The SMILES string of the molecule is C=C/C=C\C=C/[C@@]1(O)c2ncc(Cl)cc2O[C@]1(C)c1ccc(Br)cc1. The predicted octanol–water partition coefficient (Wildman–Crippen LogP) is 5.29. The lowest BCUT2D eigenvalue weighted by atomic mass is 9.78. The first-order valence-electron chi connectivity index (χ1n) is 7.71.